The van der Waals surface area contributed by atoms with Crippen molar-refractivity contribution in [2.45, 2.75) is 50.4 Å². The Bertz CT molecular complexity index is 421. The molecule has 1 unspecified atom stereocenters. The third-order valence-corrected chi connectivity index (χ3v) is 5.23. The van der Waals surface area contributed by atoms with Gasteiger partial charge in [-0.3, -0.25) is 0 Å². The minimum Gasteiger partial charge on any atom is -0.487 e. The van der Waals surface area contributed by atoms with Crippen molar-refractivity contribution in [3.8, 4) is 5.75 Å². The molecule has 0 bridgehead atoms. The Morgan fingerprint density at radius 2 is 2.15 bits per heavy atom. The molecule has 0 amide bonds. The third-order valence-electron chi connectivity index (χ3n) is 3.67. The monoisotopic (exact) mass is 316 g/mol. The Kier molecular flexibility index (Phi) is 6.50. The summed E-state index contributed by atoms with van der Waals surface area (Å²) in [6, 6.07) is 5.25. The Morgan fingerprint density at radius 3 is 2.85 bits per heavy atom. The molecule has 1 nitrogen and oxygen atoms in total. The second-order valence-electron chi connectivity index (χ2n) is 5.27. The Balaban J connectivity index is 1.99. The first-order chi connectivity index (χ1) is 9.70. The van der Waals surface area contributed by atoms with E-state index in [1.807, 2.05) is 23.9 Å². The molecule has 0 aliphatic heterocycles. The fraction of sp³-hybridized carbons (Fsp3) is 0.625. The predicted octanol–water partition coefficient (Wildman–Crippen LogP) is 5.57. The van der Waals surface area contributed by atoms with E-state index in [9.17, 15) is 4.39 Å². The molecule has 4 heteroatoms. The highest BCUT2D eigenvalue weighted by molar-refractivity contribution is 7.99. The van der Waals surface area contributed by atoms with Crippen molar-refractivity contribution in [3.63, 3.8) is 0 Å². The number of thioether (sulfide) groups is 1. The molecule has 0 aromatic heterocycles. The lowest BCUT2D eigenvalue weighted by molar-refractivity contribution is 0.200. The van der Waals surface area contributed by atoms with Gasteiger partial charge in [0, 0.05) is 11.1 Å². The molecule has 1 fully saturated rings. The van der Waals surface area contributed by atoms with Crippen molar-refractivity contribution >= 4 is 23.4 Å². The minimum atomic E-state index is -0.251. The molecule has 1 atom stereocenters. The first-order valence-electron chi connectivity index (χ1n) is 7.34. The number of rotatable bonds is 7. The zero-order valence-corrected chi connectivity index (χ0v) is 13.5. The summed E-state index contributed by atoms with van der Waals surface area (Å²) < 4.78 is 19.7. The van der Waals surface area contributed by atoms with E-state index in [4.69, 9.17) is 16.3 Å². The molecule has 0 radical (unpaired) electrons. The van der Waals surface area contributed by atoms with Crippen LogP contribution in [-0.2, 0) is 0 Å². The number of benzene rings is 1. The van der Waals surface area contributed by atoms with Crippen LogP contribution in [0.1, 0.15) is 49.8 Å². The lowest BCUT2D eigenvalue weighted by Crippen LogP contribution is -2.12. The van der Waals surface area contributed by atoms with E-state index in [0.717, 1.165) is 30.6 Å². The van der Waals surface area contributed by atoms with Crippen LogP contribution >= 0.6 is 23.4 Å². The van der Waals surface area contributed by atoms with Crippen LogP contribution in [0.5, 0.6) is 5.75 Å². The van der Waals surface area contributed by atoms with Crippen LogP contribution in [0.2, 0.25) is 0 Å². The first-order valence-corrected chi connectivity index (χ1v) is 8.92. The highest BCUT2D eigenvalue weighted by Crippen LogP contribution is 2.33. The van der Waals surface area contributed by atoms with Crippen molar-refractivity contribution in [1.29, 1.82) is 0 Å². The van der Waals surface area contributed by atoms with Gasteiger partial charge in [-0.2, -0.15) is 11.8 Å². The van der Waals surface area contributed by atoms with E-state index in [1.54, 1.807) is 0 Å². The van der Waals surface area contributed by atoms with E-state index in [1.165, 1.54) is 18.9 Å². The molecule has 1 saturated carbocycles. The largest absolute Gasteiger partial charge is 0.487 e. The van der Waals surface area contributed by atoms with Crippen molar-refractivity contribution in [1.82, 2.24) is 0 Å². The van der Waals surface area contributed by atoms with Gasteiger partial charge in [0.15, 0.2) is 11.6 Å². The molecule has 2 rings (SSSR count). The molecule has 0 spiro atoms. The SMILES string of the molecule is CC(SCCCCl)c1ccc(F)c(OC2CCCC2)c1. The van der Waals surface area contributed by atoms with Gasteiger partial charge < -0.3 is 4.74 Å². The van der Waals surface area contributed by atoms with Gasteiger partial charge in [-0.1, -0.05) is 6.07 Å². The Hall–Kier alpha value is -0.410. The first kappa shape index (κ1) is 16.0. The molecule has 1 aliphatic carbocycles. The number of ether oxygens (including phenoxy) is 1. The number of halogens is 2. The molecule has 1 aromatic rings. The van der Waals surface area contributed by atoms with Crippen molar-refractivity contribution in [3.05, 3.63) is 29.6 Å². The van der Waals surface area contributed by atoms with E-state index < -0.39 is 0 Å². The Morgan fingerprint density at radius 1 is 1.40 bits per heavy atom. The van der Waals surface area contributed by atoms with Crippen molar-refractivity contribution < 1.29 is 9.13 Å². The van der Waals surface area contributed by atoms with Gasteiger partial charge in [0.1, 0.15) is 0 Å². The lowest BCUT2D eigenvalue weighted by atomic mass is 10.1. The van der Waals surface area contributed by atoms with Crippen LogP contribution in [0.25, 0.3) is 0 Å². The average molecular weight is 317 g/mol. The highest BCUT2D eigenvalue weighted by Gasteiger charge is 2.19. The van der Waals surface area contributed by atoms with Gasteiger partial charge in [-0.25, -0.2) is 4.39 Å². The highest BCUT2D eigenvalue weighted by atomic mass is 35.5. The van der Waals surface area contributed by atoms with Gasteiger partial charge in [0.2, 0.25) is 0 Å². The minimum absolute atomic E-state index is 0.193. The topological polar surface area (TPSA) is 9.23 Å². The van der Waals surface area contributed by atoms with Crippen molar-refractivity contribution in [2.24, 2.45) is 0 Å². The van der Waals surface area contributed by atoms with Crippen LogP contribution in [0.15, 0.2) is 18.2 Å². The summed E-state index contributed by atoms with van der Waals surface area (Å²) in [7, 11) is 0. The predicted molar refractivity (Wildman–Crippen MR) is 85.5 cm³/mol. The molecule has 1 aliphatic rings. The summed E-state index contributed by atoms with van der Waals surface area (Å²) in [4.78, 5) is 0. The van der Waals surface area contributed by atoms with Gasteiger partial charge in [0.25, 0.3) is 0 Å². The third kappa shape index (κ3) is 4.56. The van der Waals surface area contributed by atoms with Gasteiger partial charge in [0.05, 0.1) is 6.10 Å². The second-order valence-corrected chi connectivity index (χ2v) is 7.10. The fourth-order valence-electron chi connectivity index (χ4n) is 2.46. The molecule has 0 saturated heterocycles. The maximum Gasteiger partial charge on any atom is 0.165 e. The van der Waals surface area contributed by atoms with E-state index in [0.29, 0.717) is 16.9 Å². The lowest BCUT2D eigenvalue weighted by Gasteiger charge is -2.17. The summed E-state index contributed by atoms with van der Waals surface area (Å²) >= 11 is 7.54. The van der Waals surface area contributed by atoms with Gasteiger partial charge >= 0.3 is 0 Å². The smallest absolute Gasteiger partial charge is 0.165 e. The maximum atomic E-state index is 13.8. The molecular formula is C16H22ClFOS. The quantitative estimate of drug-likeness (QED) is 0.480. The van der Waals surface area contributed by atoms with Crippen LogP contribution in [-0.4, -0.2) is 17.7 Å². The zero-order valence-electron chi connectivity index (χ0n) is 11.9. The second kappa shape index (κ2) is 8.14. The Labute approximate surface area is 130 Å². The van der Waals surface area contributed by atoms with Gasteiger partial charge in [-0.05, 0) is 62.5 Å². The van der Waals surface area contributed by atoms with Crippen LogP contribution in [0.3, 0.4) is 0 Å². The zero-order chi connectivity index (χ0) is 14.4. The normalized spacial score (nSPS) is 17.4. The van der Waals surface area contributed by atoms with E-state index >= 15 is 0 Å². The summed E-state index contributed by atoms with van der Waals surface area (Å²) in [6.07, 6.45) is 5.67. The molecule has 0 heterocycles. The van der Waals surface area contributed by atoms with Crippen LogP contribution < -0.4 is 4.74 Å². The number of alkyl halides is 1. The number of hydrogen-bond acceptors (Lipinski definition) is 2. The standard InChI is InChI=1S/C16H22ClFOS/c1-12(20-10-4-9-17)13-7-8-15(18)16(11-13)19-14-5-2-3-6-14/h7-8,11-12,14H,2-6,9-10H2,1H3. The summed E-state index contributed by atoms with van der Waals surface area (Å²) in [5.74, 6) is 1.89. The van der Waals surface area contributed by atoms with Gasteiger partial charge in [-0.15, -0.1) is 11.6 Å². The molecule has 0 N–H and O–H groups in total. The molecule has 112 valence electrons. The van der Waals surface area contributed by atoms with Crippen LogP contribution in [0, 0.1) is 5.82 Å². The molecule has 20 heavy (non-hydrogen) atoms. The fourth-order valence-corrected chi connectivity index (χ4v) is 3.76. The maximum absolute atomic E-state index is 13.8. The van der Waals surface area contributed by atoms with Crippen LogP contribution in [0.4, 0.5) is 4.39 Å². The van der Waals surface area contributed by atoms with Crippen molar-refractivity contribution in [2.75, 3.05) is 11.6 Å². The summed E-state index contributed by atoms with van der Waals surface area (Å²) in [6.45, 7) is 2.14. The average Bonchev–Trinajstić information content (AvgIpc) is 2.94. The summed E-state index contributed by atoms with van der Waals surface area (Å²) in [5, 5.41) is 0.338. The number of hydrogen-bond donors (Lipinski definition) is 0. The molecule has 1 aromatic carbocycles. The molecular weight excluding hydrogens is 295 g/mol. The van der Waals surface area contributed by atoms with E-state index in [-0.39, 0.29) is 11.9 Å². The summed E-state index contributed by atoms with van der Waals surface area (Å²) in [5.41, 5.74) is 1.12. The van der Waals surface area contributed by atoms with E-state index in [2.05, 4.69) is 6.92 Å².